The van der Waals surface area contributed by atoms with Crippen LogP contribution in [-0.2, 0) is 66.4 Å². The lowest BCUT2D eigenvalue weighted by Gasteiger charge is -2.75. The Morgan fingerprint density at radius 2 is 1.15 bits per heavy atom. The summed E-state index contributed by atoms with van der Waals surface area (Å²) in [4.78, 5) is 27.0. The smallest absolute Gasteiger partial charge is 0.335 e. The van der Waals surface area contributed by atoms with Gasteiger partial charge in [-0.3, -0.25) is 0 Å². The summed E-state index contributed by atoms with van der Waals surface area (Å²) in [5.41, 5.74) is -6.94. The highest BCUT2D eigenvalue weighted by molar-refractivity contribution is 5.87. The number of ether oxygens (including phenoxy) is 12. The molecule has 1 spiro atoms. The molecule has 6 heterocycles. The number of carbonyl (C=O) groups excluding carboxylic acids is 1. The van der Waals surface area contributed by atoms with Crippen molar-refractivity contribution in [3.8, 4) is 0 Å². The molecule has 6 saturated heterocycles. The molecule has 35 unspecified atom stereocenters. The molecule has 0 aromatic rings. The van der Waals surface area contributed by atoms with Crippen LogP contribution < -0.4 is 0 Å². The van der Waals surface area contributed by atoms with Crippen LogP contribution in [0.1, 0.15) is 127 Å². The number of hydrogen-bond donors (Lipinski definition) is 16. The van der Waals surface area contributed by atoms with Crippen LogP contribution in [0.25, 0.3) is 0 Å². The number of hydrogen-bond acceptors (Lipinski definition) is 29. The van der Waals surface area contributed by atoms with Gasteiger partial charge in [-0.25, -0.2) is 9.59 Å². The van der Waals surface area contributed by atoms with Crippen molar-refractivity contribution in [2.75, 3.05) is 26.4 Å². The first-order valence-corrected chi connectivity index (χ1v) is 33.2. The molecule has 0 radical (unpaired) electrons. The minimum atomic E-state index is -2.34. The van der Waals surface area contributed by atoms with Gasteiger partial charge in [0.15, 0.2) is 43.8 Å². The van der Waals surface area contributed by atoms with Crippen molar-refractivity contribution in [3.63, 3.8) is 0 Å². The molecule has 94 heavy (non-hydrogen) atoms. The van der Waals surface area contributed by atoms with Gasteiger partial charge < -0.3 is 139 Å². The van der Waals surface area contributed by atoms with Crippen molar-refractivity contribution in [1.82, 2.24) is 0 Å². The predicted molar refractivity (Wildman–Crippen MR) is 314 cm³/mol. The van der Waals surface area contributed by atoms with Gasteiger partial charge in [0.2, 0.25) is 0 Å². The lowest BCUT2D eigenvalue weighted by atomic mass is 9.30. The van der Waals surface area contributed by atoms with Crippen LogP contribution in [0.2, 0.25) is 0 Å². The van der Waals surface area contributed by atoms with E-state index in [-0.39, 0.29) is 29.6 Å². The second-order valence-corrected chi connectivity index (χ2v) is 31.1. The normalized spacial score (nSPS) is 54.6. The molecule has 35 atom stereocenters. The zero-order valence-corrected chi connectivity index (χ0v) is 54.9. The summed E-state index contributed by atoms with van der Waals surface area (Å²) in [6.45, 7) is 16.2. The van der Waals surface area contributed by atoms with E-state index in [0.29, 0.717) is 56.9 Å². The van der Waals surface area contributed by atoms with Crippen molar-refractivity contribution < 1.29 is 148 Å². The maximum Gasteiger partial charge on any atom is 0.335 e. The third kappa shape index (κ3) is 11.2. The summed E-state index contributed by atoms with van der Waals surface area (Å²) >= 11 is 0. The van der Waals surface area contributed by atoms with Crippen LogP contribution in [0.3, 0.4) is 0 Å². The lowest BCUT2D eigenvalue weighted by molar-refractivity contribution is -0.409. The molecule has 16 N–H and O–H groups in total. The number of carboxylic acids is 1. The average molecular weight is 1350 g/mol. The van der Waals surface area contributed by atoms with Crippen LogP contribution >= 0.6 is 0 Å². The molecule has 30 nitrogen and oxygen atoms in total. The average Bonchev–Trinajstić information content (AvgIpc) is 1.37. The third-order valence-corrected chi connectivity index (χ3v) is 25.4. The maximum atomic E-state index is 13.6. The Kier molecular flexibility index (Phi) is 20.1. The summed E-state index contributed by atoms with van der Waals surface area (Å²) in [6.07, 6.45) is -41.1. The first-order chi connectivity index (χ1) is 43.9. The number of aliphatic hydroxyl groups excluding tert-OH is 14. The Morgan fingerprint density at radius 1 is 0.574 bits per heavy atom. The first-order valence-electron chi connectivity index (χ1n) is 33.2. The number of aliphatic hydroxyl groups is 15. The summed E-state index contributed by atoms with van der Waals surface area (Å²) in [7, 11) is 0. The van der Waals surface area contributed by atoms with Crippen LogP contribution in [0.5, 0.6) is 0 Å². The molecule has 0 aromatic heterocycles. The van der Waals surface area contributed by atoms with E-state index in [9.17, 15) is 91.3 Å². The fourth-order valence-corrected chi connectivity index (χ4v) is 19.9. The molecule has 0 amide bonds. The summed E-state index contributed by atoms with van der Waals surface area (Å²) in [6, 6.07) is 0. The molecule has 11 rings (SSSR count). The topological polar surface area (TPSA) is 469 Å². The molecule has 11 aliphatic rings. The van der Waals surface area contributed by atoms with E-state index in [1.54, 1.807) is 19.9 Å². The highest BCUT2D eigenvalue weighted by Crippen LogP contribution is 2.81. The quantitative estimate of drug-likeness (QED) is 0.0417. The summed E-state index contributed by atoms with van der Waals surface area (Å²) < 4.78 is 74.9. The molecule has 538 valence electrons. The van der Waals surface area contributed by atoms with Gasteiger partial charge in [-0.1, -0.05) is 54.5 Å². The minimum Gasteiger partial charge on any atom is -0.479 e. The first kappa shape index (κ1) is 72.9. The maximum absolute atomic E-state index is 13.6. The number of carbonyl (C=O) groups is 2. The van der Waals surface area contributed by atoms with E-state index in [4.69, 9.17) is 56.8 Å². The second kappa shape index (κ2) is 25.9. The van der Waals surface area contributed by atoms with E-state index in [0.717, 1.165) is 0 Å². The Bertz CT molecular complexity index is 2760. The molecular weight excluding hydrogens is 1250 g/mol. The van der Waals surface area contributed by atoms with Crippen LogP contribution in [-0.4, -0.2) is 291 Å². The highest BCUT2D eigenvalue weighted by atomic mass is 16.8. The van der Waals surface area contributed by atoms with E-state index in [1.807, 2.05) is 13.8 Å². The Morgan fingerprint density at radius 3 is 1.77 bits per heavy atom. The second-order valence-electron chi connectivity index (χ2n) is 31.1. The minimum absolute atomic E-state index is 0.00991. The summed E-state index contributed by atoms with van der Waals surface area (Å²) in [5, 5.41) is 180. The lowest BCUT2D eigenvalue weighted by Crippen LogP contribution is -2.75. The monoisotopic (exact) mass is 1350 g/mol. The van der Waals surface area contributed by atoms with Crippen LogP contribution in [0, 0.1) is 50.2 Å². The number of esters is 1. The molecular formula is C64H102O30. The fraction of sp³-hybridized carbons (Fsp3) is 0.938. The number of fused-ring (bicyclic) bond motifs is 4. The van der Waals surface area contributed by atoms with Gasteiger partial charge >= 0.3 is 11.9 Å². The molecule has 30 heteroatoms. The van der Waals surface area contributed by atoms with Gasteiger partial charge in [0.1, 0.15) is 103 Å². The Labute approximate surface area is 544 Å². The third-order valence-electron chi connectivity index (χ3n) is 25.4. The van der Waals surface area contributed by atoms with Crippen molar-refractivity contribution in [3.05, 3.63) is 11.6 Å². The van der Waals surface area contributed by atoms with Gasteiger partial charge in [0.25, 0.3) is 0 Å². The van der Waals surface area contributed by atoms with Gasteiger partial charge in [0, 0.05) is 16.9 Å². The van der Waals surface area contributed by atoms with E-state index >= 15 is 0 Å². The van der Waals surface area contributed by atoms with Gasteiger partial charge in [-0.2, -0.15) is 0 Å². The number of allylic oxidation sites excluding steroid dienone is 1. The Hall–Kier alpha value is -2.36. The number of aliphatic carboxylic acids is 1. The largest absolute Gasteiger partial charge is 0.479 e. The predicted octanol–water partition coefficient (Wildman–Crippen LogP) is -2.96. The van der Waals surface area contributed by atoms with Crippen molar-refractivity contribution in [1.29, 1.82) is 0 Å². The zero-order chi connectivity index (χ0) is 68.9. The standard InChI is InChI=1S/C64H102O30/c1-11-25(2)50(80)87-34-20-57(4,5)18-31-63-17-13-30-59(8)15-14-33(58(6,7)29(59)12-16-60(30,9)61(63,10)19-32(68)64(31,34)56(81)94-63)88-54-47(93-51-41(75)38(72)36(70)27(21-65)85-51)43(42(76)44(90-54)49(78)79)89-53-46(40(74)37(71)28(22-66)86-53)91-52-45(39(73)35(69)26(3)84-52)92-55-48(77)62(82,23-67)24-83-55/h11,26-48,51-56,65-77,81-82H,12-24H2,1-10H3,(H,78,79). The molecule has 5 saturated carbocycles. The van der Waals surface area contributed by atoms with Gasteiger partial charge in [0.05, 0.1) is 55.8 Å². The highest BCUT2D eigenvalue weighted by Gasteiger charge is 2.84. The zero-order valence-electron chi connectivity index (χ0n) is 54.9. The number of carboxylic acid groups (broad SMARTS) is 1. The van der Waals surface area contributed by atoms with E-state index in [2.05, 4.69) is 34.6 Å². The van der Waals surface area contributed by atoms with Gasteiger partial charge in [-0.15, -0.1) is 0 Å². The van der Waals surface area contributed by atoms with Crippen molar-refractivity contribution in [2.24, 2.45) is 50.2 Å². The molecule has 5 aliphatic carbocycles. The van der Waals surface area contributed by atoms with Crippen LogP contribution in [0.4, 0.5) is 0 Å². The van der Waals surface area contributed by atoms with E-state index in [1.165, 1.54) is 6.92 Å². The SMILES string of the molecule is CC=C(C)C(=O)OC1CC(C)(C)CC2C13C(O)CC1(C)C4(C)CCC5C(C)(C)C(OC6OC(C(=O)O)C(O)C(OC7OC(CO)C(O)C(O)C7OC7OC(C)C(O)C(O)C7OC7OCC(O)(CO)C7O)C6OC6OC(CO)C(O)C(O)C6O)CCC5(C)C4CCC21OC3O. The summed E-state index contributed by atoms with van der Waals surface area (Å²) in [5.74, 6) is -2.82. The number of rotatable bonds is 16. The van der Waals surface area contributed by atoms with Gasteiger partial charge in [-0.05, 0) is 112 Å². The van der Waals surface area contributed by atoms with Crippen LogP contribution in [0.15, 0.2) is 11.6 Å². The van der Waals surface area contributed by atoms with Crippen molar-refractivity contribution in [2.45, 2.75) is 298 Å². The molecule has 2 bridgehead atoms. The Balaban J connectivity index is 0.909. The fourth-order valence-electron chi connectivity index (χ4n) is 19.9. The molecule has 11 fully saturated rings. The van der Waals surface area contributed by atoms with Crippen molar-refractivity contribution >= 4 is 11.9 Å². The molecule has 6 aliphatic heterocycles. The van der Waals surface area contributed by atoms with E-state index < -0.39 is 236 Å². The molecule has 0 aromatic carbocycles.